The number of fused-ring (bicyclic) bond motifs is 1. The lowest BCUT2D eigenvalue weighted by molar-refractivity contribution is -0.124. The maximum atomic E-state index is 12.3. The van der Waals surface area contributed by atoms with Crippen molar-refractivity contribution in [3.05, 3.63) is 41.6 Å². The third kappa shape index (κ3) is 3.81. The van der Waals surface area contributed by atoms with Gasteiger partial charge in [-0.25, -0.2) is 4.68 Å². The van der Waals surface area contributed by atoms with Crippen molar-refractivity contribution in [2.75, 3.05) is 30.4 Å². The Hall–Kier alpha value is -2.83. The van der Waals surface area contributed by atoms with Gasteiger partial charge in [0.2, 0.25) is 11.8 Å². The van der Waals surface area contributed by atoms with E-state index in [-0.39, 0.29) is 18.4 Å². The molecule has 25 heavy (non-hydrogen) atoms. The highest BCUT2D eigenvalue weighted by molar-refractivity contribution is 5.98. The number of rotatable bonds is 5. The van der Waals surface area contributed by atoms with Crippen molar-refractivity contribution >= 4 is 23.3 Å². The van der Waals surface area contributed by atoms with Crippen molar-refractivity contribution < 1.29 is 9.59 Å². The van der Waals surface area contributed by atoms with Gasteiger partial charge in [-0.05, 0) is 24.6 Å². The van der Waals surface area contributed by atoms with Crippen LogP contribution in [0.3, 0.4) is 0 Å². The first kappa shape index (κ1) is 17.0. The quantitative estimate of drug-likeness (QED) is 0.890. The van der Waals surface area contributed by atoms with E-state index >= 15 is 0 Å². The molecule has 0 spiro atoms. The number of hydrogen-bond acceptors (Lipinski definition) is 4. The van der Waals surface area contributed by atoms with Gasteiger partial charge in [0.1, 0.15) is 12.4 Å². The summed E-state index contributed by atoms with van der Waals surface area (Å²) in [7, 11) is 3.97. The van der Waals surface area contributed by atoms with Crippen LogP contribution in [0.25, 0.3) is 0 Å². The van der Waals surface area contributed by atoms with E-state index in [1.165, 1.54) is 4.90 Å². The molecule has 0 radical (unpaired) electrons. The number of nitrogens with one attached hydrogen (secondary N) is 1. The summed E-state index contributed by atoms with van der Waals surface area (Å²) in [5.41, 5.74) is 2.97. The molecule has 7 nitrogen and oxygen atoms in total. The second-order valence-electron chi connectivity index (χ2n) is 6.43. The number of benzene rings is 1. The van der Waals surface area contributed by atoms with Crippen molar-refractivity contribution in [1.29, 1.82) is 0 Å². The fourth-order valence-corrected chi connectivity index (χ4v) is 2.86. The Bertz CT molecular complexity index is 779. The Labute approximate surface area is 147 Å². The summed E-state index contributed by atoms with van der Waals surface area (Å²) in [5.74, 6) is 0.467. The predicted octanol–water partition coefficient (Wildman–Crippen LogP) is 1.31. The molecule has 0 bridgehead atoms. The van der Waals surface area contributed by atoms with Crippen molar-refractivity contribution in [1.82, 2.24) is 15.1 Å². The summed E-state index contributed by atoms with van der Waals surface area (Å²) in [4.78, 5) is 28.0. The first-order valence-electron chi connectivity index (χ1n) is 8.32. The zero-order valence-corrected chi connectivity index (χ0v) is 14.8. The van der Waals surface area contributed by atoms with E-state index in [1.54, 1.807) is 4.68 Å². The lowest BCUT2D eigenvalue weighted by Crippen LogP contribution is -2.44. The largest absolute Gasteiger partial charge is 0.378 e. The van der Waals surface area contributed by atoms with Gasteiger partial charge in [-0.1, -0.05) is 12.1 Å². The van der Waals surface area contributed by atoms with Crippen LogP contribution >= 0.6 is 0 Å². The molecular formula is C18H23N5O2. The highest BCUT2D eigenvalue weighted by atomic mass is 16.2. The minimum atomic E-state index is -0.183. The Morgan fingerprint density at radius 3 is 2.68 bits per heavy atom. The standard InChI is InChI=1S/C18H23N5O2/c1-13-10-17-22(18(25)8-9-23(17)20-13)12-16(24)19-11-14-4-6-15(7-5-14)21(2)3/h4-7,10H,8-9,11-12H2,1-3H3,(H,19,24). The van der Waals surface area contributed by atoms with Crippen LogP contribution in [0.15, 0.2) is 30.3 Å². The van der Waals surface area contributed by atoms with Gasteiger partial charge >= 0.3 is 0 Å². The molecule has 1 aromatic heterocycles. The van der Waals surface area contributed by atoms with Crippen molar-refractivity contribution in [2.45, 2.75) is 26.4 Å². The zero-order chi connectivity index (χ0) is 18.0. The van der Waals surface area contributed by atoms with Crippen LogP contribution in [0.5, 0.6) is 0 Å². The number of hydrogen-bond donors (Lipinski definition) is 1. The van der Waals surface area contributed by atoms with Crippen LogP contribution in [0, 0.1) is 6.92 Å². The van der Waals surface area contributed by atoms with Crippen LogP contribution in [0.1, 0.15) is 17.7 Å². The van der Waals surface area contributed by atoms with E-state index in [9.17, 15) is 9.59 Å². The molecule has 1 aliphatic heterocycles. The van der Waals surface area contributed by atoms with E-state index in [4.69, 9.17) is 0 Å². The highest BCUT2D eigenvalue weighted by Crippen LogP contribution is 2.22. The fraction of sp³-hybridized carbons (Fsp3) is 0.389. The Kier molecular flexibility index (Phi) is 4.74. The summed E-state index contributed by atoms with van der Waals surface area (Å²) in [6.07, 6.45) is 0.368. The summed E-state index contributed by atoms with van der Waals surface area (Å²) in [5, 5.41) is 7.22. The van der Waals surface area contributed by atoms with Crippen LogP contribution in [-0.2, 0) is 22.7 Å². The molecule has 3 rings (SSSR count). The molecule has 2 aromatic rings. The first-order valence-corrected chi connectivity index (χ1v) is 8.32. The number of carbonyl (C=O) groups is 2. The topological polar surface area (TPSA) is 70.5 Å². The third-order valence-corrected chi connectivity index (χ3v) is 4.24. The Balaban J connectivity index is 1.60. The van der Waals surface area contributed by atoms with Crippen LogP contribution in [-0.4, -0.2) is 42.2 Å². The first-order chi connectivity index (χ1) is 11.9. The molecule has 0 unspecified atom stereocenters. The molecule has 0 atom stereocenters. The molecule has 7 heteroatoms. The number of amides is 2. The maximum absolute atomic E-state index is 12.3. The fourth-order valence-electron chi connectivity index (χ4n) is 2.86. The van der Waals surface area contributed by atoms with Crippen LogP contribution in [0.4, 0.5) is 11.5 Å². The lowest BCUT2D eigenvalue weighted by atomic mass is 10.2. The van der Waals surface area contributed by atoms with E-state index in [1.807, 2.05) is 56.3 Å². The molecule has 0 fully saturated rings. The number of anilines is 2. The SMILES string of the molecule is Cc1cc2n(n1)CCC(=O)N2CC(=O)NCc1ccc(N(C)C)cc1. The second kappa shape index (κ2) is 6.96. The Morgan fingerprint density at radius 1 is 1.28 bits per heavy atom. The highest BCUT2D eigenvalue weighted by Gasteiger charge is 2.27. The average Bonchev–Trinajstić information content (AvgIpc) is 2.97. The van der Waals surface area contributed by atoms with Gasteiger partial charge in [-0.15, -0.1) is 0 Å². The van der Waals surface area contributed by atoms with E-state index in [0.29, 0.717) is 25.3 Å². The van der Waals surface area contributed by atoms with E-state index in [2.05, 4.69) is 10.4 Å². The molecule has 1 aliphatic rings. The van der Waals surface area contributed by atoms with Gasteiger partial charge in [0.15, 0.2) is 0 Å². The molecule has 0 aliphatic carbocycles. The molecule has 1 N–H and O–H groups in total. The predicted molar refractivity (Wildman–Crippen MR) is 96.5 cm³/mol. The molecule has 0 saturated carbocycles. The summed E-state index contributed by atoms with van der Waals surface area (Å²) < 4.78 is 1.78. The van der Waals surface area contributed by atoms with Crippen LogP contribution < -0.4 is 15.1 Å². The Morgan fingerprint density at radius 2 is 2.00 bits per heavy atom. The van der Waals surface area contributed by atoms with Crippen LogP contribution in [0.2, 0.25) is 0 Å². The maximum Gasteiger partial charge on any atom is 0.240 e. The average molecular weight is 341 g/mol. The van der Waals surface area contributed by atoms with Gasteiger partial charge in [0.05, 0.1) is 12.2 Å². The van der Waals surface area contributed by atoms with Crippen molar-refractivity contribution in [3.63, 3.8) is 0 Å². The lowest BCUT2D eigenvalue weighted by Gasteiger charge is -2.26. The molecule has 0 saturated heterocycles. The summed E-state index contributed by atoms with van der Waals surface area (Å²) >= 11 is 0. The third-order valence-electron chi connectivity index (χ3n) is 4.24. The molecule has 132 valence electrons. The van der Waals surface area contributed by atoms with E-state index < -0.39 is 0 Å². The minimum absolute atomic E-state index is 0.0136. The molecule has 1 aromatic carbocycles. The van der Waals surface area contributed by atoms with Gasteiger partial charge in [-0.2, -0.15) is 5.10 Å². The van der Waals surface area contributed by atoms with Crippen molar-refractivity contribution in [3.8, 4) is 0 Å². The minimum Gasteiger partial charge on any atom is -0.378 e. The number of aromatic nitrogens is 2. The summed E-state index contributed by atoms with van der Waals surface area (Å²) in [6, 6.07) is 9.83. The van der Waals surface area contributed by atoms with Gasteiger partial charge < -0.3 is 10.2 Å². The second-order valence-corrected chi connectivity index (χ2v) is 6.43. The van der Waals surface area contributed by atoms with E-state index in [0.717, 1.165) is 16.9 Å². The monoisotopic (exact) mass is 341 g/mol. The van der Waals surface area contributed by atoms with Gasteiger partial charge in [0, 0.05) is 38.8 Å². The zero-order valence-electron chi connectivity index (χ0n) is 14.8. The van der Waals surface area contributed by atoms with Crippen molar-refractivity contribution in [2.24, 2.45) is 0 Å². The van der Waals surface area contributed by atoms with Gasteiger partial charge in [-0.3, -0.25) is 14.5 Å². The number of nitrogens with zero attached hydrogens (tertiary/aromatic N) is 4. The molecule has 2 amide bonds. The molecule has 2 heterocycles. The summed E-state index contributed by atoms with van der Waals surface area (Å²) in [6.45, 7) is 2.90. The number of aryl methyl sites for hydroxylation is 2. The molecular weight excluding hydrogens is 318 g/mol. The smallest absolute Gasteiger partial charge is 0.240 e. The normalized spacial score (nSPS) is 13.6. The van der Waals surface area contributed by atoms with Gasteiger partial charge in [0.25, 0.3) is 0 Å². The number of carbonyl (C=O) groups excluding carboxylic acids is 2.